The Morgan fingerprint density at radius 2 is 1.92 bits per heavy atom. The molecule has 3 heterocycles. The third kappa shape index (κ3) is 3.74. The maximum atomic E-state index is 12.2. The number of benzene rings is 1. The van der Waals surface area contributed by atoms with Gasteiger partial charge in [0, 0.05) is 18.7 Å². The van der Waals surface area contributed by atoms with Crippen LogP contribution < -0.4 is 5.32 Å². The van der Waals surface area contributed by atoms with E-state index in [2.05, 4.69) is 25.5 Å². The van der Waals surface area contributed by atoms with E-state index in [-0.39, 0.29) is 5.91 Å². The third-order valence-corrected chi connectivity index (χ3v) is 4.26. The van der Waals surface area contributed by atoms with Gasteiger partial charge in [0.15, 0.2) is 10.8 Å². The lowest BCUT2D eigenvalue weighted by Crippen LogP contribution is -2.11. The van der Waals surface area contributed by atoms with Gasteiger partial charge in [0.2, 0.25) is 0 Å². The van der Waals surface area contributed by atoms with Crippen LogP contribution >= 0.6 is 11.3 Å². The summed E-state index contributed by atoms with van der Waals surface area (Å²) in [4.78, 5) is 20.8. The number of carbonyl (C=O) groups excluding carboxylic acids is 1. The molecule has 3 aromatic heterocycles. The van der Waals surface area contributed by atoms with Crippen molar-refractivity contribution in [3.63, 3.8) is 0 Å². The number of anilines is 1. The quantitative estimate of drug-likeness (QED) is 0.575. The van der Waals surface area contributed by atoms with Crippen LogP contribution in [0.1, 0.15) is 17.3 Å². The summed E-state index contributed by atoms with van der Waals surface area (Å²) in [6.07, 6.45) is 1.72. The zero-order valence-electron chi connectivity index (χ0n) is 13.8. The predicted octanol–water partition coefficient (Wildman–Crippen LogP) is 3.86. The first kappa shape index (κ1) is 17.3. The predicted molar refractivity (Wildman–Crippen MR) is 101 cm³/mol. The van der Waals surface area contributed by atoms with Crippen molar-refractivity contribution < 1.29 is 4.79 Å². The molecule has 0 aliphatic rings. The number of hydrogen-bond donors (Lipinski definition) is 2. The molecule has 0 aliphatic heterocycles. The molecule has 0 aliphatic carbocycles. The minimum atomic E-state index is -0.189. The molecule has 0 unspecified atom stereocenters. The van der Waals surface area contributed by atoms with Crippen molar-refractivity contribution in [2.45, 2.75) is 6.92 Å². The molecule has 0 radical (unpaired) electrons. The third-order valence-electron chi connectivity index (χ3n) is 3.29. The molecule has 4 rings (SSSR count). The molecule has 0 saturated carbocycles. The van der Waals surface area contributed by atoms with E-state index in [9.17, 15) is 4.79 Å². The van der Waals surface area contributed by atoms with Crippen molar-refractivity contribution in [3.05, 3.63) is 60.3 Å². The number of nitriles is 1. The van der Waals surface area contributed by atoms with Gasteiger partial charge in [-0.05, 0) is 24.3 Å². The molecular formula is C18H14N6OS. The summed E-state index contributed by atoms with van der Waals surface area (Å²) in [7, 11) is 0. The maximum absolute atomic E-state index is 12.2. The molecule has 1 amide bonds. The number of aromatic nitrogens is 4. The Kier molecular flexibility index (Phi) is 5.31. The van der Waals surface area contributed by atoms with Crippen LogP contribution in [0.25, 0.3) is 21.7 Å². The number of rotatable bonds is 3. The monoisotopic (exact) mass is 362 g/mol. The zero-order chi connectivity index (χ0) is 18.4. The summed E-state index contributed by atoms with van der Waals surface area (Å²) in [5, 5.41) is 17.8. The van der Waals surface area contributed by atoms with Gasteiger partial charge in [-0.2, -0.15) is 15.3 Å². The molecule has 0 saturated heterocycles. The number of hydrogen-bond acceptors (Lipinski definition) is 6. The van der Waals surface area contributed by atoms with Crippen LogP contribution in [0.2, 0.25) is 0 Å². The topological polar surface area (TPSA) is 107 Å². The van der Waals surface area contributed by atoms with E-state index in [4.69, 9.17) is 5.26 Å². The van der Waals surface area contributed by atoms with E-state index < -0.39 is 0 Å². The first-order chi connectivity index (χ1) is 12.7. The molecule has 0 fully saturated rings. The van der Waals surface area contributed by atoms with E-state index in [0.717, 1.165) is 16.1 Å². The van der Waals surface area contributed by atoms with Crippen molar-refractivity contribution >= 4 is 32.7 Å². The van der Waals surface area contributed by atoms with Gasteiger partial charge >= 0.3 is 0 Å². The van der Waals surface area contributed by atoms with Gasteiger partial charge in [0.1, 0.15) is 10.4 Å². The summed E-state index contributed by atoms with van der Waals surface area (Å²) < 4.78 is 0.868. The fourth-order valence-corrected chi connectivity index (χ4v) is 3.11. The maximum Gasteiger partial charge on any atom is 0.257 e. The Morgan fingerprint density at radius 3 is 2.62 bits per heavy atom. The Morgan fingerprint density at radius 1 is 1.19 bits per heavy atom. The molecule has 1 aromatic carbocycles. The fourth-order valence-electron chi connectivity index (χ4n) is 2.21. The first-order valence-corrected chi connectivity index (χ1v) is 8.48. The van der Waals surface area contributed by atoms with Gasteiger partial charge in [-0.3, -0.25) is 20.2 Å². The summed E-state index contributed by atoms with van der Waals surface area (Å²) >= 11 is 1.37. The molecule has 0 spiro atoms. The van der Waals surface area contributed by atoms with Gasteiger partial charge in [0.25, 0.3) is 5.91 Å². The smallest absolute Gasteiger partial charge is 0.257 e. The molecule has 26 heavy (non-hydrogen) atoms. The average Bonchev–Trinajstić information content (AvgIpc) is 3.24. The fraction of sp³-hybridized carbons (Fsp3) is 0.0556. The SMILES string of the molecule is CC#N.O=C(Nc1nc2n[nH]c(-c3ccccn3)c2s1)c1ccccc1. The standard InChI is InChI=1S/C16H11N5OS.C2H3N/c22-15(10-6-2-1-3-7-10)19-16-18-14-13(23-16)12(20-21-14)11-8-4-5-9-17-11;1-2-3/h1-9H,(H2,18,19,20,21,22);1H3. The lowest BCUT2D eigenvalue weighted by molar-refractivity contribution is 0.102. The minimum Gasteiger partial charge on any atom is -0.298 e. The van der Waals surface area contributed by atoms with Crippen molar-refractivity contribution in [3.8, 4) is 17.5 Å². The van der Waals surface area contributed by atoms with Crippen LogP contribution in [-0.2, 0) is 0 Å². The van der Waals surface area contributed by atoms with Crippen molar-refractivity contribution in [2.24, 2.45) is 0 Å². The second-order valence-corrected chi connectivity index (χ2v) is 6.03. The molecule has 0 atom stereocenters. The van der Waals surface area contributed by atoms with E-state index in [1.807, 2.05) is 36.4 Å². The number of pyridine rings is 1. The number of H-pyrrole nitrogens is 1. The largest absolute Gasteiger partial charge is 0.298 e. The molecule has 8 heteroatoms. The summed E-state index contributed by atoms with van der Waals surface area (Å²) in [5.74, 6) is -0.189. The van der Waals surface area contributed by atoms with Gasteiger partial charge in [-0.15, -0.1) is 0 Å². The normalized spacial score (nSPS) is 9.85. The zero-order valence-corrected chi connectivity index (χ0v) is 14.6. The van der Waals surface area contributed by atoms with Crippen LogP contribution in [0, 0.1) is 11.3 Å². The number of nitrogens with zero attached hydrogens (tertiary/aromatic N) is 4. The van der Waals surface area contributed by atoms with E-state index in [1.54, 1.807) is 24.4 Å². The Balaban J connectivity index is 0.000000613. The first-order valence-electron chi connectivity index (χ1n) is 7.66. The molecule has 7 nitrogen and oxygen atoms in total. The highest BCUT2D eigenvalue weighted by molar-refractivity contribution is 7.22. The molecular weight excluding hydrogens is 348 g/mol. The molecule has 0 bridgehead atoms. The van der Waals surface area contributed by atoms with Crippen LogP contribution in [0.3, 0.4) is 0 Å². The number of nitrogens with one attached hydrogen (secondary N) is 2. The van der Waals surface area contributed by atoms with Gasteiger partial charge in [-0.1, -0.05) is 35.6 Å². The van der Waals surface area contributed by atoms with Crippen LogP contribution in [0.5, 0.6) is 0 Å². The summed E-state index contributed by atoms with van der Waals surface area (Å²) in [6, 6.07) is 16.4. The number of amides is 1. The lowest BCUT2D eigenvalue weighted by atomic mass is 10.2. The van der Waals surface area contributed by atoms with Crippen LogP contribution in [-0.4, -0.2) is 26.1 Å². The number of fused-ring (bicyclic) bond motifs is 1. The van der Waals surface area contributed by atoms with Gasteiger partial charge in [-0.25, -0.2) is 0 Å². The second kappa shape index (κ2) is 8.00. The van der Waals surface area contributed by atoms with Crippen molar-refractivity contribution in [2.75, 3.05) is 5.32 Å². The highest BCUT2D eigenvalue weighted by atomic mass is 32.1. The van der Waals surface area contributed by atoms with Crippen molar-refractivity contribution in [1.82, 2.24) is 20.2 Å². The molecule has 2 N–H and O–H groups in total. The Hall–Kier alpha value is -3.57. The number of aromatic amines is 1. The van der Waals surface area contributed by atoms with Crippen molar-refractivity contribution in [1.29, 1.82) is 5.26 Å². The number of carbonyl (C=O) groups is 1. The highest BCUT2D eigenvalue weighted by Gasteiger charge is 2.15. The second-order valence-electron chi connectivity index (χ2n) is 5.03. The Labute approximate surface area is 153 Å². The highest BCUT2D eigenvalue weighted by Crippen LogP contribution is 2.32. The summed E-state index contributed by atoms with van der Waals surface area (Å²) in [6.45, 7) is 1.43. The van der Waals surface area contributed by atoms with E-state index >= 15 is 0 Å². The van der Waals surface area contributed by atoms with Gasteiger partial charge < -0.3 is 0 Å². The summed E-state index contributed by atoms with van der Waals surface area (Å²) in [5.41, 5.74) is 2.75. The average molecular weight is 362 g/mol. The molecule has 128 valence electrons. The van der Waals surface area contributed by atoms with E-state index in [0.29, 0.717) is 16.3 Å². The minimum absolute atomic E-state index is 0.189. The van der Waals surface area contributed by atoms with Crippen LogP contribution in [0.15, 0.2) is 54.7 Å². The van der Waals surface area contributed by atoms with E-state index in [1.165, 1.54) is 18.3 Å². The Bertz CT molecular complexity index is 1050. The molecule has 4 aromatic rings. The number of thiazole rings is 1. The van der Waals surface area contributed by atoms with Gasteiger partial charge in [0.05, 0.1) is 11.8 Å². The van der Waals surface area contributed by atoms with Crippen LogP contribution in [0.4, 0.5) is 5.13 Å². The lowest BCUT2D eigenvalue weighted by Gasteiger charge is -2.00.